The number of anilines is 1. The first-order valence-corrected chi connectivity index (χ1v) is 13.2. The number of likely N-dealkylation sites (tertiary alicyclic amines) is 1. The first-order chi connectivity index (χ1) is 17.5. The van der Waals surface area contributed by atoms with E-state index in [4.69, 9.17) is 14.7 Å². The number of hydrogen-bond acceptors (Lipinski definition) is 8. The predicted octanol–water partition coefficient (Wildman–Crippen LogP) is 3.54. The van der Waals surface area contributed by atoms with E-state index in [0.717, 1.165) is 35.5 Å². The molecule has 3 atom stereocenters. The molecule has 1 aliphatic carbocycles. The Morgan fingerprint density at radius 2 is 2.00 bits per heavy atom. The first-order valence-electron chi connectivity index (χ1n) is 12.0. The zero-order chi connectivity index (χ0) is 25.2. The number of carbonyl (C=O) groups is 2. The van der Waals surface area contributed by atoms with Crippen LogP contribution < -0.4 is 4.90 Å². The fourth-order valence-electron chi connectivity index (χ4n) is 5.49. The van der Waals surface area contributed by atoms with E-state index in [-0.39, 0.29) is 31.0 Å². The Morgan fingerprint density at radius 3 is 2.72 bits per heavy atom. The van der Waals surface area contributed by atoms with E-state index in [0.29, 0.717) is 31.3 Å². The summed E-state index contributed by atoms with van der Waals surface area (Å²) in [4.78, 5) is 39.6. The molecule has 2 aromatic rings. The highest BCUT2D eigenvalue weighted by Gasteiger charge is 2.44. The normalized spacial score (nSPS) is 22.7. The minimum absolute atomic E-state index is 0.178. The van der Waals surface area contributed by atoms with Crippen LogP contribution >= 0.6 is 11.8 Å². The summed E-state index contributed by atoms with van der Waals surface area (Å²) in [6.07, 6.45) is 2.24. The van der Waals surface area contributed by atoms with Gasteiger partial charge in [-0.25, -0.2) is 19.6 Å². The molecule has 3 heterocycles. The van der Waals surface area contributed by atoms with Crippen LogP contribution in [0.3, 0.4) is 0 Å². The highest BCUT2D eigenvalue weighted by Crippen LogP contribution is 2.45. The summed E-state index contributed by atoms with van der Waals surface area (Å²) < 4.78 is 5.55. The van der Waals surface area contributed by atoms with Crippen LogP contribution in [0.4, 0.5) is 15.4 Å². The topological polar surface area (TPSA) is 123 Å². The quantitative estimate of drug-likeness (QED) is 0.477. The number of rotatable bonds is 5. The van der Waals surface area contributed by atoms with Crippen LogP contribution in [0.25, 0.3) is 0 Å². The molecular weight excluding hydrogens is 480 g/mol. The molecule has 1 aromatic carbocycles. The van der Waals surface area contributed by atoms with Crippen molar-refractivity contribution in [3.63, 3.8) is 0 Å². The number of fused-ring (bicyclic) bond motifs is 4. The van der Waals surface area contributed by atoms with Gasteiger partial charge in [-0.05, 0) is 30.6 Å². The molecular formula is C25H28N6O4S. The molecule has 0 spiro atoms. The molecule has 2 saturated heterocycles. The summed E-state index contributed by atoms with van der Waals surface area (Å²) in [6, 6.07) is 11.1. The van der Waals surface area contributed by atoms with Crippen molar-refractivity contribution in [1.29, 1.82) is 5.26 Å². The number of nitrogens with zero attached hydrogens (tertiary/aromatic N) is 6. The summed E-state index contributed by atoms with van der Waals surface area (Å²) >= 11 is 1.42. The van der Waals surface area contributed by atoms with Gasteiger partial charge < -0.3 is 19.6 Å². The molecule has 10 nitrogen and oxygen atoms in total. The Bertz CT molecular complexity index is 1190. The maximum absolute atomic E-state index is 12.9. The van der Waals surface area contributed by atoms with Crippen LogP contribution in [0.1, 0.15) is 35.7 Å². The standard InChI is InChI=1S/C25H28N6O4S/c1-36-23-27-21-19(11-17-12-20(21)31(13-17)24(32)33)22(28-23)29-9-10-30(18(14-29)7-8-26)25(34)35-15-16-5-3-2-4-6-16/h2-6,17-18,20H,7,9-15H2,1H3,(H,32,33)/t17-,18?,20-/m0/s1. The molecule has 2 fully saturated rings. The van der Waals surface area contributed by atoms with Gasteiger partial charge in [0.25, 0.3) is 0 Å². The molecule has 1 N–H and O–H groups in total. The molecule has 1 unspecified atom stereocenters. The van der Waals surface area contributed by atoms with Gasteiger partial charge in [-0.15, -0.1) is 0 Å². The molecule has 3 aliphatic rings. The van der Waals surface area contributed by atoms with Gasteiger partial charge in [-0.3, -0.25) is 4.90 Å². The zero-order valence-electron chi connectivity index (χ0n) is 20.0. The Labute approximate surface area is 213 Å². The molecule has 2 aliphatic heterocycles. The smallest absolute Gasteiger partial charge is 0.410 e. The third kappa shape index (κ3) is 4.65. The largest absolute Gasteiger partial charge is 0.465 e. The highest BCUT2D eigenvalue weighted by molar-refractivity contribution is 7.98. The second kappa shape index (κ2) is 10.2. The van der Waals surface area contributed by atoms with Crippen molar-refractivity contribution in [1.82, 2.24) is 19.8 Å². The van der Waals surface area contributed by atoms with Gasteiger partial charge in [0.1, 0.15) is 12.4 Å². The Morgan fingerprint density at radius 1 is 1.19 bits per heavy atom. The fraction of sp³-hybridized carbons (Fsp3) is 0.480. The Hall–Kier alpha value is -3.52. The summed E-state index contributed by atoms with van der Waals surface area (Å²) in [5.74, 6) is 1.04. The second-order valence-electron chi connectivity index (χ2n) is 9.35. The third-order valence-electron chi connectivity index (χ3n) is 7.17. The van der Waals surface area contributed by atoms with Gasteiger partial charge in [0, 0.05) is 31.7 Å². The number of amides is 2. The summed E-state index contributed by atoms with van der Waals surface area (Å²) in [5, 5.41) is 19.8. The van der Waals surface area contributed by atoms with Crippen LogP contribution in [-0.2, 0) is 17.8 Å². The zero-order valence-corrected chi connectivity index (χ0v) is 20.9. The van der Waals surface area contributed by atoms with Gasteiger partial charge in [-0.1, -0.05) is 42.1 Å². The average molecular weight is 509 g/mol. The maximum atomic E-state index is 12.9. The van der Waals surface area contributed by atoms with Crippen LogP contribution in [0.5, 0.6) is 0 Å². The fourth-order valence-corrected chi connectivity index (χ4v) is 5.86. The van der Waals surface area contributed by atoms with Gasteiger partial charge in [-0.2, -0.15) is 5.26 Å². The summed E-state index contributed by atoms with van der Waals surface area (Å²) in [7, 11) is 0. The van der Waals surface area contributed by atoms with Crippen molar-refractivity contribution in [3.8, 4) is 6.07 Å². The maximum Gasteiger partial charge on any atom is 0.410 e. The lowest BCUT2D eigenvalue weighted by molar-refractivity contribution is 0.0767. The van der Waals surface area contributed by atoms with Crippen molar-refractivity contribution in [2.45, 2.75) is 43.1 Å². The van der Waals surface area contributed by atoms with Crippen molar-refractivity contribution >= 4 is 29.8 Å². The molecule has 11 heteroatoms. The van der Waals surface area contributed by atoms with Crippen LogP contribution in [0.2, 0.25) is 0 Å². The Kier molecular flexibility index (Phi) is 6.87. The number of piperazine rings is 1. The van der Waals surface area contributed by atoms with Gasteiger partial charge in [0.15, 0.2) is 5.16 Å². The van der Waals surface area contributed by atoms with E-state index in [2.05, 4.69) is 11.0 Å². The second-order valence-corrected chi connectivity index (χ2v) is 10.1. The van der Waals surface area contributed by atoms with E-state index in [9.17, 15) is 20.0 Å². The number of hydrogen-bond donors (Lipinski definition) is 1. The third-order valence-corrected chi connectivity index (χ3v) is 7.72. The average Bonchev–Trinajstić information content (AvgIpc) is 3.25. The molecule has 0 saturated carbocycles. The van der Waals surface area contributed by atoms with E-state index < -0.39 is 12.2 Å². The lowest BCUT2D eigenvalue weighted by atomic mass is 9.87. The number of benzene rings is 1. The van der Waals surface area contributed by atoms with Gasteiger partial charge in [0.2, 0.25) is 0 Å². The SMILES string of the molecule is CSc1nc2c(c(N3CCN(C(=O)OCc4ccccc4)C(CC#N)C3)n1)C[C@H]1C[C@@H]2N(C(=O)O)C1. The molecule has 5 rings (SSSR count). The number of thioether (sulfide) groups is 1. The predicted molar refractivity (Wildman–Crippen MR) is 133 cm³/mol. The van der Waals surface area contributed by atoms with Crippen LogP contribution in [0, 0.1) is 17.2 Å². The molecule has 188 valence electrons. The highest BCUT2D eigenvalue weighted by atomic mass is 32.2. The lowest BCUT2D eigenvalue weighted by Gasteiger charge is -2.41. The summed E-state index contributed by atoms with van der Waals surface area (Å²) in [6.45, 7) is 2.07. The Balaban J connectivity index is 1.37. The van der Waals surface area contributed by atoms with E-state index >= 15 is 0 Å². The van der Waals surface area contributed by atoms with E-state index in [1.807, 2.05) is 36.6 Å². The molecule has 2 amide bonds. The van der Waals surface area contributed by atoms with Crippen LogP contribution in [-0.4, -0.2) is 75.5 Å². The van der Waals surface area contributed by atoms with Crippen molar-refractivity contribution in [2.75, 3.05) is 37.3 Å². The lowest BCUT2D eigenvalue weighted by Crippen LogP contribution is -2.55. The molecule has 1 aromatic heterocycles. The van der Waals surface area contributed by atoms with Crippen molar-refractivity contribution < 1.29 is 19.4 Å². The van der Waals surface area contributed by atoms with Gasteiger partial charge >= 0.3 is 12.2 Å². The monoisotopic (exact) mass is 508 g/mol. The number of ether oxygens (including phenoxy) is 1. The van der Waals surface area contributed by atoms with Crippen LogP contribution in [0.15, 0.2) is 35.5 Å². The number of carboxylic acid groups (broad SMARTS) is 1. The minimum Gasteiger partial charge on any atom is -0.465 e. The number of nitriles is 1. The van der Waals surface area contributed by atoms with Crippen molar-refractivity contribution in [2.24, 2.45) is 5.92 Å². The minimum atomic E-state index is -0.919. The number of aromatic nitrogens is 2. The molecule has 36 heavy (non-hydrogen) atoms. The number of carbonyl (C=O) groups excluding carboxylic acids is 1. The van der Waals surface area contributed by atoms with Gasteiger partial charge in [0.05, 0.1) is 30.3 Å². The van der Waals surface area contributed by atoms with Crippen molar-refractivity contribution in [3.05, 3.63) is 47.2 Å². The molecule has 2 bridgehead atoms. The molecule has 0 radical (unpaired) electrons. The van der Waals surface area contributed by atoms with E-state index in [1.165, 1.54) is 16.7 Å². The van der Waals surface area contributed by atoms with E-state index in [1.54, 1.807) is 4.90 Å². The summed E-state index contributed by atoms with van der Waals surface area (Å²) in [5.41, 5.74) is 2.69. The first kappa shape index (κ1) is 24.2.